The lowest BCUT2D eigenvalue weighted by molar-refractivity contribution is -0.140. The predicted molar refractivity (Wildman–Crippen MR) is 178 cm³/mol. The van der Waals surface area contributed by atoms with Crippen LogP contribution < -0.4 is 14.4 Å². The van der Waals surface area contributed by atoms with Crippen molar-refractivity contribution in [1.29, 1.82) is 0 Å². The number of ether oxygens (including phenoxy) is 1. The second-order valence-corrected chi connectivity index (χ2v) is 13.4. The fourth-order valence-electron chi connectivity index (χ4n) is 4.77. The highest BCUT2D eigenvalue weighted by Crippen LogP contribution is 2.28. The third kappa shape index (κ3) is 8.78. The minimum Gasteiger partial charge on any atom is -0.497 e. The Morgan fingerprint density at radius 3 is 2.07 bits per heavy atom. The van der Waals surface area contributed by atoms with Gasteiger partial charge in [0.2, 0.25) is 11.8 Å². The van der Waals surface area contributed by atoms with Crippen LogP contribution in [0.3, 0.4) is 0 Å². The highest BCUT2D eigenvalue weighted by atomic mass is 35.5. The summed E-state index contributed by atoms with van der Waals surface area (Å²) < 4.78 is 34.4. The normalized spacial score (nSPS) is 12.0. The number of rotatable bonds is 13. The van der Waals surface area contributed by atoms with Crippen molar-refractivity contribution in [2.45, 2.75) is 43.8 Å². The van der Waals surface area contributed by atoms with E-state index in [4.69, 9.17) is 27.9 Å². The van der Waals surface area contributed by atoms with Crippen molar-refractivity contribution in [1.82, 2.24) is 10.2 Å². The zero-order valence-electron chi connectivity index (χ0n) is 25.2. The van der Waals surface area contributed by atoms with Crippen LogP contribution in [0, 0.1) is 0 Å². The van der Waals surface area contributed by atoms with Crippen LogP contribution >= 0.6 is 23.2 Å². The number of anilines is 1. The van der Waals surface area contributed by atoms with Gasteiger partial charge in [0.05, 0.1) is 17.7 Å². The second-order valence-electron chi connectivity index (χ2n) is 10.6. The number of sulfonamides is 1. The van der Waals surface area contributed by atoms with Gasteiger partial charge in [0, 0.05) is 29.1 Å². The monoisotopic (exact) mass is 667 g/mol. The molecular weight excluding hydrogens is 633 g/mol. The lowest BCUT2D eigenvalue weighted by Crippen LogP contribution is -2.54. The Labute approximate surface area is 274 Å². The lowest BCUT2D eigenvalue weighted by Gasteiger charge is -2.34. The molecule has 236 valence electrons. The molecule has 0 saturated carbocycles. The quantitative estimate of drug-likeness (QED) is 0.179. The van der Waals surface area contributed by atoms with E-state index in [9.17, 15) is 18.0 Å². The first-order chi connectivity index (χ1) is 21.5. The maximum atomic E-state index is 14.5. The molecule has 4 rings (SSSR count). The zero-order valence-corrected chi connectivity index (χ0v) is 27.5. The molecule has 0 fully saturated rings. The van der Waals surface area contributed by atoms with Crippen LogP contribution in [0.2, 0.25) is 10.0 Å². The van der Waals surface area contributed by atoms with Crippen molar-refractivity contribution < 1.29 is 22.7 Å². The van der Waals surface area contributed by atoms with E-state index in [1.807, 2.05) is 44.2 Å². The van der Waals surface area contributed by atoms with Crippen molar-refractivity contribution in [3.63, 3.8) is 0 Å². The van der Waals surface area contributed by atoms with Gasteiger partial charge in [-0.1, -0.05) is 77.8 Å². The number of methoxy groups -OCH3 is 1. The Morgan fingerprint density at radius 1 is 0.867 bits per heavy atom. The number of nitrogens with zero attached hydrogens (tertiary/aromatic N) is 2. The van der Waals surface area contributed by atoms with Crippen LogP contribution in [-0.2, 0) is 32.6 Å². The third-order valence-electron chi connectivity index (χ3n) is 7.03. The van der Waals surface area contributed by atoms with Gasteiger partial charge in [0.25, 0.3) is 10.0 Å². The molecule has 1 unspecified atom stereocenters. The Morgan fingerprint density at radius 2 is 1.49 bits per heavy atom. The number of nitrogens with one attached hydrogen (secondary N) is 1. The molecule has 11 heteroatoms. The van der Waals surface area contributed by atoms with Crippen LogP contribution in [0.15, 0.2) is 108 Å². The van der Waals surface area contributed by atoms with Gasteiger partial charge in [0.1, 0.15) is 18.3 Å². The number of benzene rings is 4. The number of carbonyl (C=O) groups is 2. The Hall–Kier alpha value is -4.05. The molecule has 0 aliphatic carbocycles. The maximum absolute atomic E-state index is 14.5. The molecule has 1 N–H and O–H groups in total. The topological polar surface area (TPSA) is 96.0 Å². The van der Waals surface area contributed by atoms with Gasteiger partial charge in [-0.05, 0) is 73.5 Å². The molecule has 0 aromatic heterocycles. The van der Waals surface area contributed by atoms with E-state index in [-0.39, 0.29) is 35.5 Å². The van der Waals surface area contributed by atoms with E-state index < -0.39 is 28.5 Å². The van der Waals surface area contributed by atoms with Gasteiger partial charge in [0.15, 0.2) is 0 Å². The largest absolute Gasteiger partial charge is 0.497 e. The van der Waals surface area contributed by atoms with Crippen LogP contribution in [0.1, 0.15) is 25.0 Å². The molecule has 45 heavy (non-hydrogen) atoms. The van der Waals surface area contributed by atoms with Gasteiger partial charge in [-0.3, -0.25) is 13.9 Å². The van der Waals surface area contributed by atoms with Crippen molar-refractivity contribution in [2.75, 3.05) is 18.0 Å². The van der Waals surface area contributed by atoms with Crippen LogP contribution in [-0.4, -0.2) is 50.9 Å². The summed E-state index contributed by atoms with van der Waals surface area (Å²) in [5.74, 6) is -0.486. The van der Waals surface area contributed by atoms with Gasteiger partial charge >= 0.3 is 0 Å². The summed E-state index contributed by atoms with van der Waals surface area (Å²) in [6.07, 6.45) is 0.187. The summed E-state index contributed by atoms with van der Waals surface area (Å²) in [4.78, 5) is 29.6. The average Bonchev–Trinajstić information content (AvgIpc) is 3.02. The average molecular weight is 669 g/mol. The predicted octanol–water partition coefficient (Wildman–Crippen LogP) is 6.36. The fraction of sp³-hybridized carbons (Fsp3) is 0.235. The molecule has 8 nitrogen and oxygen atoms in total. The van der Waals surface area contributed by atoms with Crippen LogP contribution in [0.4, 0.5) is 5.69 Å². The Balaban J connectivity index is 1.80. The highest BCUT2D eigenvalue weighted by molar-refractivity contribution is 7.92. The summed E-state index contributed by atoms with van der Waals surface area (Å²) in [5, 5.41) is 3.66. The molecule has 0 aliphatic heterocycles. The standard InChI is InChI=1S/C34H35Cl2N3O5S/c1-24(2)37-34(41)32(20-25-10-6-4-7-11-25)38(22-26-14-15-27(35)21-31(26)36)33(40)23-39(28-12-8-5-9-13-28)45(42,43)30-18-16-29(44-3)17-19-30/h4-19,21,24,32H,20,22-23H2,1-3H3,(H,37,41). The van der Waals surface area contributed by atoms with E-state index >= 15 is 0 Å². The molecular formula is C34H35Cl2N3O5S. The minimum atomic E-state index is -4.23. The summed E-state index contributed by atoms with van der Waals surface area (Å²) in [7, 11) is -2.74. The minimum absolute atomic E-state index is 0.0226. The molecule has 4 aromatic carbocycles. The first-order valence-electron chi connectivity index (χ1n) is 14.3. The zero-order chi connectivity index (χ0) is 32.6. The van der Waals surface area contributed by atoms with Crippen molar-refractivity contribution in [3.05, 3.63) is 124 Å². The maximum Gasteiger partial charge on any atom is 0.264 e. The molecule has 0 saturated heterocycles. The fourth-order valence-corrected chi connectivity index (χ4v) is 6.65. The van der Waals surface area contributed by atoms with Gasteiger partial charge in [-0.15, -0.1) is 0 Å². The summed E-state index contributed by atoms with van der Waals surface area (Å²) in [6, 6.07) is 27.3. The van der Waals surface area contributed by atoms with Gasteiger partial charge < -0.3 is 15.0 Å². The molecule has 2 amide bonds. The molecule has 0 radical (unpaired) electrons. The number of amides is 2. The Kier molecular flexibility index (Phi) is 11.5. The number of halogens is 2. The molecule has 0 bridgehead atoms. The number of para-hydroxylation sites is 1. The third-order valence-corrected chi connectivity index (χ3v) is 9.40. The van der Waals surface area contributed by atoms with E-state index in [0.29, 0.717) is 21.4 Å². The highest BCUT2D eigenvalue weighted by Gasteiger charge is 2.35. The van der Waals surface area contributed by atoms with Crippen molar-refractivity contribution in [2.24, 2.45) is 0 Å². The van der Waals surface area contributed by atoms with Gasteiger partial charge in [-0.25, -0.2) is 8.42 Å². The van der Waals surface area contributed by atoms with Crippen LogP contribution in [0.25, 0.3) is 0 Å². The molecule has 0 heterocycles. The van der Waals surface area contributed by atoms with Crippen molar-refractivity contribution in [3.8, 4) is 5.75 Å². The summed E-state index contributed by atoms with van der Waals surface area (Å²) >= 11 is 12.7. The van der Waals surface area contributed by atoms with E-state index in [1.54, 1.807) is 60.7 Å². The summed E-state index contributed by atoms with van der Waals surface area (Å²) in [5.41, 5.74) is 1.67. The van der Waals surface area contributed by atoms with Crippen molar-refractivity contribution >= 4 is 50.7 Å². The molecule has 4 aromatic rings. The van der Waals surface area contributed by atoms with Crippen LogP contribution in [0.5, 0.6) is 5.75 Å². The first kappa shape index (κ1) is 33.8. The van der Waals surface area contributed by atoms with E-state index in [2.05, 4.69) is 5.32 Å². The smallest absolute Gasteiger partial charge is 0.264 e. The number of carbonyl (C=O) groups excluding carboxylic acids is 2. The molecule has 0 spiro atoms. The first-order valence-corrected chi connectivity index (χ1v) is 16.5. The molecule has 0 aliphatic rings. The van der Waals surface area contributed by atoms with Gasteiger partial charge in [-0.2, -0.15) is 0 Å². The van der Waals surface area contributed by atoms with E-state index in [0.717, 1.165) is 9.87 Å². The second kappa shape index (κ2) is 15.3. The summed E-state index contributed by atoms with van der Waals surface area (Å²) in [6.45, 7) is 3.02. The number of hydrogen-bond donors (Lipinski definition) is 1. The number of hydrogen-bond acceptors (Lipinski definition) is 5. The Bertz CT molecular complexity index is 1700. The molecule has 1 atom stereocenters. The SMILES string of the molecule is COc1ccc(S(=O)(=O)N(CC(=O)N(Cc2ccc(Cl)cc2Cl)C(Cc2ccccc2)C(=O)NC(C)C)c2ccccc2)cc1. The van der Waals surface area contributed by atoms with E-state index in [1.165, 1.54) is 24.1 Å². The lowest BCUT2D eigenvalue weighted by atomic mass is 10.0.